The number of imidazole rings is 1. The molecule has 1 aliphatic heterocycles. The largest absolute Gasteiger partial charge is 0.359 e. The minimum Gasteiger partial charge on any atom is -0.359 e. The summed E-state index contributed by atoms with van der Waals surface area (Å²) in [5.41, 5.74) is 2.83. The number of amides is 1. The first-order valence-corrected chi connectivity index (χ1v) is 11.8. The molecule has 11 heteroatoms. The number of ketones is 1. The first-order chi connectivity index (χ1) is 16.3. The van der Waals surface area contributed by atoms with Crippen molar-refractivity contribution in [1.29, 1.82) is 0 Å². The fourth-order valence-corrected chi connectivity index (χ4v) is 4.79. The molecule has 1 atom stereocenters. The third kappa shape index (κ3) is 4.90. The minimum atomic E-state index is -1.30. The van der Waals surface area contributed by atoms with E-state index in [9.17, 15) is 22.8 Å². The van der Waals surface area contributed by atoms with Gasteiger partial charge in [0.2, 0.25) is 5.91 Å². The van der Waals surface area contributed by atoms with Crippen LogP contribution in [-0.4, -0.2) is 51.8 Å². The number of Topliss-reactive ketones (excluding diaryl/α,β-unsaturated/α-hetero) is 1. The zero-order chi connectivity index (χ0) is 24.4. The highest BCUT2D eigenvalue weighted by atomic mass is 32.1. The lowest BCUT2D eigenvalue weighted by Gasteiger charge is -2.15. The summed E-state index contributed by atoms with van der Waals surface area (Å²) in [6.45, 7) is 1.54. The molecule has 34 heavy (non-hydrogen) atoms. The molecule has 1 N–H and O–H groups in total. The van der Waals surface area contributed by atoms with E-state index in [2.05, 4.69) is 15.3 Å². The van der Waals surface area contributed by atoms with E-state index in [0.29, 0.717) is 37.0 Å². The van der Waals surface area contributed by atoms with Crippen LogP contribution in [0, 0.1) is 23.4 Å². The average molecular weight is 492 g/mol. The molecule has 180 valence electrons. The van der Waals surface area contributed by atoms with Crippen LogP contribution in [0.4, 0.5) is 13.2 Å². The molecular weight excluding hydrogens is 467 g/mol. The van der Waals surface area contributed by atoms with Crippen molar-refractivity contribution in [2.45, 2.75) is 32.4 Å². The Morgan fingerprint density at radius 3 is 2.65 bits per heavy atom. The van der Waals surface area contributed by atoms with Gasteiger partial charge in [-0.15, -0.1) is 11.3 Å². The SMILES string of the molecule is CNC(=O)[C@@H](CC(=O)c1nc(-c2cc(F)c(F)cc2F)n2c1CN(C)CCC2)Cc1cscn1. The first kappa shape index (κ1) is 24.1. The molecule has 2 aromatic heterocycles. The summed E-state index contributed by atoms with van der Waals surface area (Å²) < 4.78 is 43.8. The average Bonchev–Trinajstić information content (AvgIpc) is 3.39. The van der Waals surface area contributed by atoms with Gasteiger partial charge in [-0.1, -0.05) is 0 Å². The van der Waals surface area contributed by atoms with Crippen LogP contribution in [0.5, 0.6) is 0 Å². The van der Waals surface area contributed by atoms with E-state index in [1.54, 1.807) is 10.1 Å². The normalized spacial score (nSPS) is 15.0. The Balaban J connectivity index is 1.74. The number of nitrogens with zero attached hydrogens (tertiary/aromatic N) is 4. The summed E-state index contributed by atoms with van der Waals surface area (Å²) in [6, 6.07) is 1.24. The van der Waals surface area contributed by atoms with E-state index in [1.807, 2.05) is 17.3 Å². The van der Waals surface area contributed by atoms with Crippen molar-refractivity contribution >= 4 is 23.0 Å². The van der Waals surface area contributed by atoms with Gasteiger partial charge in [0.15, 0.2) is 17.4 Å². The summed E-state index contributed by atoms with van der Waals surface area (Å²) in [5, 5.41) is 4.41. The second-order valence-corrected chi connectivity index (χ2v) is 9.06. The molecule has 1 aliphatic rings. The Bertz CT molecular complexity index is 1210. The molecule has 3 heterocycles. The Morgan fingerprint density at radius 2 is 1.94 bits per heavy atom. The van der Waals surface area contributed by atoms with Crippen LogP contribution in [0.25, 0.3) is 11.4 Å². The van der Waals surface area contributed by atoms with Crippen LogP contribution in [0.3, 0.4) is 0 Å². The van der Waals surface area contributed by atoms with Gasteiger partial charge in [0, 0.05) is 44.4 Å². The number of fused-ring (bicyclic) bond motifs is 1. The van der Waals surface area contributed by atoms with E-state index in [1.165, 1.54) is 18.4 Å². The number of carbonyl (C=O) groups excluding carboxylic acids is 2. The number of benzene rings is 1. The topological polar surface area (TPSA) is 80.1 Å². The van der Waals surface area contributed by atoms with Gasteiger partial charge in [0.25, 0.3) is 0 Å². The predicted octanol–water partition coefficient (Wildman–Crippen LogP) is 3.44. The fraction of sp³-hybridized carbons (Fsp3) is 0.391. The molecule has 0 bridgehead atoms. The molecule has 3 aromatic rings. The quantitative estimate of drug-likeness (QED) is 0.405. The standard InChI is InChI=1S/C23H24F3N5O2S/c1-27-23(33)13(6-14-11-34-12-28-14)7-20(32)21-19-10-30(2)4-3-5-31(19)22(29-21)15-8-17(25)18(26)9-16(15)24/h8-9,11-13H,3-7,10H2,1-2H3,(H,27,33)/t13-/m1/s1. The molecule has 0 radical (unpaired) electrons. The molecule has 4 rings (SSSR count). The number of rotatable bonds is 7. The maximum atomic E-state index is 14.6. The number of carbonyl (C=O) groups is 2. The van der Waals surface area contributed by atoms with E-state index in [4.69, 9.17) is 0 Å². The lowest BCUT2D eigenvalue weighted by molar-refractivity contribution is -0.124. The number of hydrogen-bond donors (Lipinski definition) is 1. The molecule has 7 nitrogen and oxygen atoms in total. The van der Waals surface area contributed by atoms with Gasteiger partial charge in [-0.05, 0) is 26.1 Å². The van der Waals surface area contributed by atoms with Gasteiger partial charge in [0.1, 0.15) is 17.3 Å². The van der Waals surface area contributed by atoms with Crippen molar-refractivity contribution in [3.8, 4) is 11.4 Å². The van der Waals surface area contributed by atoms with Gasteiger partial charge < -0.3 is 14.8 Å². The van der Waals surface area contributed by atoms with Crippen LogP contribution < -0.4 is 5.32 Å². The second kappa shape index (κ2) is 10.1. The van der Waals surface area contributed by atoms with Crippen molar-refractivity contribution in [1.82, 2.24) is 24.8 Å². The van der Waals surface area contributed by atoms with Gasteiger partial charge in [-0.3, -0.25) is 9.59 Å². The first-order valence-electron chi connectivity index (χ1n) is 10.8. The van der Waals surface area contributed by atoms with Crippen molar-refractivity contribution in [2.24, 2.45) is 5.92 Å². The summed E-state index contributed by atoms with van der Waals surface area (Å²) in [4.78, 5) is 36.6. The highest BCUT2D eigenvalue weighted by molar-refractivity contribution is 7.07. The summed E-state index contributed by atoms with van der Waals surface area (Å²) >= 11 is 1.40. The van der Waals surface area contributed by atoms with Crippen LogP contribution >= 0.6 is 11.3 Å². The maximum Gasteiger partial charge on any atom is 0.223 e. The minimum absolute atomic E-state index is 0.0704. The molecule has 0 unspecified atom stereocenters. The lowest BCUT2D eigenvalue weighted by Crippen LogP contribution is -2.31. The third-order valence-corrected chi connectivity index (χ3v) is 6.55. The molecular formula is C23H24F3N5O2S. The number of nitrogens with one attached hydrogen (secondary N) is 1. The smallest absolute Gasteiger partial charge is 0.223 e. The van der Waals surface area contributed by atoms with Crippen molar-refractivity contribution < 1.29 is 22.8 Å². The maximum absolute atomic E-state index is 14.6. The van der Waals surface area contributed by atoms with E-state index in [0.717, 1.165) is 12.6 Å². The van der Waals surface area contributed by atoms with Crippen LogP contribution in [-0.2, 0) is 24.3 Å². The molecule has 0 aliphatic carbocycles. The van der Waals surface area contributed by atoms with Gasteiger partial charge >= 0.3 is 0 Å². The second-order valence-electron chi connectivity index (χ2n) is 8.34. The summed E-state index contributed by atoms with van der Waals surface area (Å²) in [7, 11) is 3.40. The number of halogens is 3. The van der Waals surface area contributed by atoms with Crippen LogP contribution in [0.2, 0.25) is 0 Å². The number of aromatic nitrogens is 3. The highest BCUT2D eigenvalue weighted by Crippen LogP contribution is 2.30. The number of thiazole rings is 1. The van der Waals surface area contributed by atoms with E-state index < -0.39 is 23.4 Å². The Hall–Kier alpha value is -3.05. The highest BCUT2D eigenvalue weighted by Gasteiger charge is 2.30. The fourth-order valence-electron chi connectivity index (χ4n) is 4.22. The van der Waals surface area contributed by atoms with Gasteiger partial charge in [0.05, 0.1) is 28.4 Å². The Morgan fingerprint density at radius 1 is 1.18 bits per heavy atom. The molecule has 0 fully saturated rings. The van der Waals surface area contributed by atoms with E-state index >= 15 is 0 Å². The molecule has 1 amide bonds. The van der Waals surface area contributed by atoms with Crippen molar-refractivity contribution in [2.75, 3.05) is 20.6 Å². The third-order valence-electron chi connectivity index (χ3n) is 5.92. The van der Waals surface area contributed by atoms with E-state index in [-0.39, 0.29) is 41.6 Å². The molecule has 0 spiro atoms. The monoisotopic (exact) mass is 491 g/mol. The molecule has 0 saturated carbocycles. The van der Waals surface area contributed by atoms with Gasteiger partial charge in [-0.25, -0.2) is 23.1 Å². The van der Waals surface area contributed by atoms with Crippen LogP contribution in [0.1, 0.15) is 34.7 Å². The zero-order valence-electron chi connectivity index (χ0n) is 18.8. The predicted molar refractivity (Wildman–Crippen MR) is 121 cm³/mol. The zero-order valence-corrected chi connectivity index (χ0v) is 19.6. The molecule has 1 aromatic carbocycles. The molecule has 0 saturated heterocycles. The van der Waals surface area contributed by atoms with Crippen molar-refractivity contribution in [3.05, 3.63) is 57.6 Å². The summed E-state index contributed by atoms with van der Waals surface area (Å²) in [6.07, 6.45) is 0.872. The summed E-state index contributed by atoms with van der Waals surface area (Å²) in [5.74, 6) is -4.72. The number of hydrogen-bond acceptors (Lipinski definition) is 6. The Kier molecular flexibility index (Phi) is 7.13. The Labute approximate surface area is 198 Å². The lowest BCUT2D eigenvalue weighted by atomic mass is 9.94. The van der Waals surface area contributed by atoms with Gasteiger partial charge in [-0.2, -0.15) is 0 Å². The van der Waals surface area contributed by atoms with Crippen molar-refractivity contribution in [3.63, 3.8) is 0 Å². The van der Waals surface area contributed by atoms with Crippen LogP contribution in [0.15, 0.2) is 23.0 Å².